The van der Waals surface area contributed by atoms with Crippen molar-refractivity contribution in [3.63, 3.8) is 0 Å². The lowest BCUT2D eigenvalue weighted by molar-refractivity contribution is -0.123. The number of halogens is 2. The third kappa shape index (κ3) is 3.25. The van der Waals surface area contributed by atoms with E-state index in [0.717, 1.165) is 4.90 Å². The van der Waals surface area contributed by atoms with Gasteiger partial charge in [-0.1, -0.05) is 0 Å². The van der Waals surface area contributed by atoms with Crippen LogP contribution in [0, 0.1) is 11.6 Å². The molecule has 1 aliphatic heterocycles. The summed E-state index contributed by atoms with van der Waals surface area (Å²) in [6.45, 7) is 0.289. The van der Waals surface area contributed by atoms with Gasteiger partial charge in [-0.3, -0.25) is 4.79 Å². The average Bonchev–Trinajstić information content (AvgIpc) is 2.42. The monoisotopic (exact) mass is 299 g/mol. The van der Waals surface area contributed by atoms with Crippen molar-refractivity contribution in [2.75, 3.05) is 25.0 Å². The van der Waals surface area contributed by atoms with Crippen LogP contribution >= 0.6 is 0 Å². The van der Waals surface area contributed by atoms with Crippen LogP contribution in [0.4, 0.5) is 19.3 Å². The first kappa shape index (κ1) is 14.7. The number of amides is 3. The maximum absolute atomic E-state index is 13.2. The number of carboxylic acid groups (broad SMARTS) is 1. The highest BCUT2D eigenvalue weighted by Gasteiger charge is 2.23. The SMILES string of the molecule is O=C1CN(C(=O)Nc2cc(F)c(F)cc2C(=O)O)CCN1. The lowest BCUT2D eigenvalue weighted by atomic mass is 10.1. The summed E-state index contributed by atoms with van der Waals surface area (Å²) in [5, 5.41) is 13.6. The summed E-state index contributed by atoms with van der Waals surface area (Å²) in [5.74, 6) is -4.49. The molecule has 1 aromatic rings. The van der Waals surface area contributed by atoms with Crippen molar-refractivity contribution in [1.82, 2.24) is 10.2 Å². The molecule has 0 radical (unpaired) electrons. The Morgan fingerprint density at radius 3 is 2.57 bits per heavy atom. The van der Waals surface area contributed by atoms with Crippen LogP contribution < -0.4 is 10.6 Å². The Bertz CT molecular complexity index is 621. The summed E-state index contributed by atoms with van der Waals surface area (Å²) in [4.78, 5) is 35.2. The molecule has 0 saturated carbocycles. The number of rotatable bonds is 2. The Kier molecular flexibility index (Phi) is 4.01. The zero-order valence-corrected chi connectivity index (χ0v) is 10.7. The van der Waals surface area contributed by atoms with Crippen LogP contribution in [0.1, 0.15) is 10.4 Å². The fourth-order valence-electron chi connectivity index (χ4n) is 1.83. The lowest BCUT2D eigenvalue weighted by Crippen LogP contribution is -2.51. The normalized spacial score (nSPS) is 14.6. The Hall–Kier alpha value is -2.71. The smallest absolute Gasteiger partial charge is 0.337 e. The highest BCUT2D eigenvalue weighted by Crippen LogP contribution is 2.20. The molecule has 0 bridgehead atoms. The van der Waals surface area contributed by atoms with E-state index in [4.69, 9.17) is 5.11 Å². The summed E-state index contributed by atoms with van der Waals surface area (Å²) in [7, 11) is 0. The predicted molar refractivity (Wildman–Crippen MR) is 66.9 cm³/mol. The van der Waals surface area contributed by atoms with E-state index in [1.54, 1.807) is 0 Å². The maximum Gasteiger partial charge on any atom is 0.337 e. The van der Waals surface area contributed by atoms with E-state index >= 15 is 0 Å². The molecule has 9 heteroatoms. The first-order valence-corrected chi connectivity index (χ1v) is 5.93. The number of nitrogens with zero attached hydrogens (tertiary/aromatic N) is 1. The van der Waals surface area contributed by atoms with Gasteiger partial charge in [-0.15, -0.1) is 0 Å². The van der Waals surface area contributed by atoms with Crippen molar-refractivity contribution in [3.8, 4) is 0 Å². The highest BCUT2D eigenvalue weighted by atomic mass is 19.2. The second kappa shape index (κ2) is 5.73. The van der Waals surface area contributed by atoms with Gasteiger partial charge in [0.15, 0.2) is 11.6 Å². The first-order valence-electron chi connectivity index (χ1n) is 5.93. The standard InChI is InChI=1S/C12H11F2N3O4/c13-7-3-6(11(19)20)9(4-8(7)14)16-12(21)17-2-1-15-10(18)5-17/h3-4H,1-2,5H2,(H,15,18)(H,16,21)(H,19,20). The van der Waals surface area contributed by atoms with Crippen molar-refractivity contribution in [3.05, 3.63) is 29.3 Å². The van der Waals surface area contributed by atoms with Crippen LogP contribution in [0.25, 0.3) is 0 Å². The second-order valence-corrected chi connectivity index (χ2v) is 4.32. The number of anilines is 1. The van der Waals surface area contributed by atoms with Crippen LogP contribution in [-0.2, 0) is 4.79 Å². The van der Waals surface area contributed by atoms with Crippen LogP contribution in [0.5, 0.6) is 0 Å². The van der Waals surface area contributed by atoms with Gasteiger partial charge in [0.1, 0.15) is 6.54 Å². The zero-order valence-electron chi connectivity index (χ0n) is 10.7. The molecule has 1 aromatic carbocycles. The van der Waals surface area contributed by atoms with Gasteiger partial charge in [-0.2, -0.15) is 0 Å². The van der Waals surface area contributed by atoms with E-state index in [1.165, 1.54) is 0 Å². The predicted octanol–water partition coefficient (Wildman–Crippen LogP) is 0.627. The number of nitrogens with one attached hydrogen (secondary N) is 2. The molecule has 0 atom stereocenters. The van der Waals surface area contributed by atoms with Gasteiger partial charge in [-0.25, -0.2) is 18.4 Å². The molecule has 1 aliphatic rings. The van der Waals surface area contributed by atoms with Crippen LogP contribution in [0.15, 0.2) is 12.1 Å². The van der Waals surface area contributed by atoms with Gasteiger partial charge in [-0.05, 0) is 6.07 Å². The molecule has 0 spiro atoms. The number of hydrogen-bond donors (Lipinski definition) is 3. The van der Waals surface area contributed by atoms with E-state index in [9.17, 15) is 23.2 Å². The van der Waals surface area contributed by atoms with Crippen molar-refractivity contribution in [2.45, 2.75) is 0 Å². The Morgan fingerprint density at radius 1 is 1.29 bits per heavy atom. The second-order valence-electron chi connectivity index (χ2n) is 4.32. The Morgan fingerprint density at radius 2 is 1.95 bits per heavy atom. The molecule has 21 heavy (non-hydrogen) atoms. The third-order valence-electron chi connectivity index (χ3n) is 2.86. The van der Waals surface area contributed by atoms with Gasteiger partial charge in [0.2, 0.25) is 5.91 Å². The van der Waals surface area contributed by atoms with Crippen LogP contribution in [0.3, 0.4) is 0 Å². The number of hydrogen-bond acceptors (Lipinski definition) is 3. The number of carbonyl (C=O) groups excluding carboxylic acids is 2. The summed E-state index contributed by atoms with van der Waals surface area (Å²) in [6.07, 6.45) is 0. The lowest BCUT2D eigenvalue weighted by Gasteiger charge is -2.27. The van der Waals surface area contributed by atoms with E-state index in [0.29, 0.717) is 12.1 Å². The third-order valence-corrected chi connectivity index (χ3v) is 2.86. The molecule has 1 saturated heterocycles. The van der Waals surface area contributed by atoms with Crippen molar-refractivity contribution < 1.29 is 28.3 Å². The Labute approximate surface area is 117 Å². The van der Waals surface area contributed by atoms with Gasteiger partial charge >= 0.3 is 12.0 Å². The molecule has 2 rings (SSSR count). The van der Waals surface area contributed by atoms with Crippen LogP contribution in [0.2, 0.25) is 0 Å². The molecule has 7 nitrogen and oxygen atoms in total. The molecule has 3 N–H and O–H groups in total. The molecule has 1 fully saturated rings. The highest BCUT2D eigenvalue weighted by molar-refractivity contribution is 6.00. The Balaban J connectivity index is 2.22. The minimum absolute atomic E-state index is 0.197. The quantitative estimate of drug-likeness (QED) is 0.745. The molecule has 3 amide bonds. The van der Waals surface area contributed by atoms with Crippen molar-refractivity contribution >= 4 is 23.6 Å². The zero-order chi connectivity index (χ0) is 15.6. The summed E-state index contributed by atoms with van der Waals surface area (Å²) in [5.41, 5.74) is -0.957. The van der Waals surface area contributed by atoms with E-state index in [2.05, 4.69) is 10.6 Å². The minimum atomic E-state index is -1.51. The van der Waals surface area contributed by atoms with Gasteiger partial charge in [0, 0.05) is 19.2 Å². The summed E-state index contributed by atoms with van der Waals surface area (Å²) < 4.78 is 26.2. The molecular weight excluding hydrogens is 288 g/mol. The maximum atomic E-state index is 13.2. The fourth-order valence-corrected chi connectivity index (χ4v) is 1.83. The minimum Gasteiger partial charge on any atom is -0.478 e. The largest absolute Gasteiger partial charge is 0.478 e. The van der Waals surface area contributed by atoms with Crippen molar-refractivity contribution in [1.29, 1.82) is 0 Å². The summed E-state index contributed by atoms with van der Waals surface area (Å²) in [6, 6.07) is 0.301. The van der Waals surface area contributed by atoms with Gasteiger partial charge in [0.05, 0.1) is 11.3 Å². The van der Waals surface area contributed by atoms with E-state index < -0.39 is 29.2 Å². The van der Waals surface area contributed by atoms with E-state index in [1.807, 2.05) is 0 Å². The fraction of sp³-hybridized carbons (Fsp3) is 0.250. The number of urea groups is 1. The topological polar surface area (TPSA) is 98.7 Å². The molecule has 0 unspecified atom stereocenters. The molecule has 0 aliphatic carbocycles. The van der Waals surface area contributed by atoms with Crippen molar-refractivity contribution in [2.24, 2.45) is 0 Å². The number of piperazine rings is 1. The summed E-state index contributed by atoms with van der Waals surface area (Å²) >= 11 is 0. The first-order chi connectivity index (χ1) is 9.88. The average molecular weight is 299 g/mol. The number of aromatic carboxylic acids is 1. The van der Waals surface area contributed by atoms with Gasteiger partial charge in [0.25, 0.3) is 0 Å². The molecule has 112 valence electrons. The number of carbonyl (C=O) groups is 3. The van der Waals surface area contributed by atoms with E-state index in [-0.39, 0.29) is 31.2 Å². The number of carboxylic acids is 1. The van der Waals surface area contributed by atoms with Gasteiger partial charge < -0.3 is 20.6 Å². The van der Waals surface area contributed by atoms with Crippen LogP contribution in [-0.4, -0.2) is 47.5 Å². The molecule has 0 aromatic heterocycles. The molecular formula is C12H11F2N3O4. The number of benzene rings is 1. The molecule has 1 heterocycles.